The van der Waals surface area contributed by atoms with Crippen molar-refractivity contribution < 1.29 is 4.79 Å². The summed E-state index contributed by atoms with van der Waals surface area (Å²) in [5.41, 5.74) is 0. The second kappa shape index (κ2) is 6.85. The van der Waals surface area contributed by atoms with E-state index in [1.54, 1.807) is 0 Å². The van der Waals surface area contributed by atoms with Gasteiger partial charge in [-0.1, -0.05) is 19.8 Å². The lowest BCUT2D eigenvalue weighted by atomic mass is 10.1. The molecule has 1 heterocycles. The van der Waals surface area contributed by atoms with E-state index in [1.807, 2.05) is 23.5 Å². The Morgan fingerprint density at radius 2 is 1.87 bits per heavy atom. The van der Waals surface area contributed by atoms with Gasteiger partial charge in [-0.25, -0.2) is 0 Å². The van der Waals surface area contributed by atoms with Gasteiger partial charge < -0.3 is 0 Å². The first-order chi connectivity index (χ1) is 7.16. The molecule has 1 rings (SSSR count). The highest BCUT2D eigenvalue weighted by molar-refractivity contribution is 8.21. The van der Waals surface area contributed by atoms with Crippen LogP contribution in [0, 0.1) is 0 Å². The fourth-order valence-corrected chi connectivity index (χ4v) is 4.62. The van der Waals surface area contributed by atoms with Crippen LogP contribution in [0.15, 0.2) is 0 Å². The largest absolute Gasteiger partial charge is 0.300 e. The molecule has 0 aliphatic carbocycles. The maximum absolute atomic E-state index is 11.6. The van der Waals surface area contributed by atoms with Crippen LogP contribution in [-0.4, -0.2) is 21.4 Å². The monoisotopic (exact) mass is 246 g/mol. The molecule has 0 spiro atoms. The topological polar surface area (TPSA) is 17.1 Å². The van der Waals surface area contributed by atoms with Crippen molar-refractivity contribution in [3.63, 3.8) is 0 Å². The molecule has 88 valence electrons. The van der Waals surface area contributed by atoms with Crippen LogP contribution in [0.1, 0.15) is 52.4 Å². The van der Waals surface area contributed by atoms with E-state index >= 15 is 0 Å². The number of hydrogen-bond donors (Lipinski definition) is 0. The Morgan fingerprint density at radius 1 is 1.20 bits per heavy atom. The quantitative estimate of drug-likeness (QED) is 0.629. The van der Waals surface area contributed by atoms with Gasteiger partial charge in [0.15, 0.2) is 0 Å². The molecule has 0 unspecified atom stereocenters. The minimum atomic E-state index is 0.334. The highest BCUT2D eigenvalue weighted by Gasteiger charge is 2.30. The van der Waals surface area contributed by atoms with E-state index in [4.69, 9.17) is 0 Å². The number of carbonyl (C=O) groups is 1. The first-order valence-electron chi connectivity index (χ1n) is 5.96. The standard InChI is InChI=1S/C12H22OS2/c1-3-4-5-6-11(13)7-8-12(2)14-9-10-15-12/h3-10H2,1-2H3. The van der Waals surface area contributed by atoms with Crippen molar-refractivity contribution in [3.05, 3.63) is 0 Å². The van der Waals surface area contributed by atoms with Gasteiger partial charge in [-0.3, -0.25) is 4.79 Å². The van der Waals surface area contributed by atoms with E-state index in [2.05, 4.69) is 13.8 Å². The molecule has 1 nitrogen and oxygen atoms in total. The Labute approximate surface area is 102 Å². The molecule has 1 aliphatic rings. The SMILES string of the molecule is CCCCCC(=O)CCC1(C)SCCS1. The first-order valence-corrected chi connectivity index (χ1v) is 7.93. The number of thioether (sulfide) groups is 2. The number of rotatable bonds is 7. The van der Waals surface area contributed by atoms with Crippen molar-refractivity contribution in [2.24, 2.45) is 0 Å². The van der Waals surface area contributed by atoms with E-state index in [0.717, 1.165) is 25.7 Å². The summed E-state index contributed by atoms with van der Waals surface area (Å²) in [6.45, 7) is 4.46. The van der Waals surface area contributed by atoms with Crippen LogP contribution in [0.2, 0.25) is 0 Å². The summed E-state index contributed by atoms with van der Waals surface area (Å²) < 4.78 is 0.334. The highest BCUT2D eigenvalue weighted by Crippen LogP contribution is 2.46. The van der Waals surface area contributed by atoms with Gasteiger partial charge in [-0.05, 0) is 19.8 Å². The lowest BCUT2D eigenvalue weighted by molar-refractivity contribution is -0.119. The summed E-state index contributed by atoms with van der Waals surface area (Å²) in [5.74, 6) is 2.98. The third kappa shape index (κ3) is 5.30. The third-order valence-electron chi connectivity index (χ3n) is 2.82. The normalized spacial score (nSPS) is 19.3. The molecular formula is C12H22OS2. The molecule has 0 atom stereocenters. The second-order valence-corrected chi connectivity index (χ2v) is 7.78. The molecule has 0 aromatic heterocycles. The van der Waals surface area contributed by atoms with Crippen molar-refractivity contribution in [1.82, 2.24) is 0 Å². The average Bonchev–Trinajstić information content (AvgIpc) is 2.64. The molecule has 3 heteroatoms. The van der Waals surface area contributed by atoms with Gasteiger partial charge in [0.05, 0.1) is 4.08 Å². The molecule has 0 aromatic rings. The van der Waals surface area contributed by atoms with E-state index in [0.29, 0.717) is 9.86 Å². The summed E-state index contributed by atoms with van der Waals surface area (Å²) in [6, 6.07) is 0. The lowest BCUT2D eigenvalue weighted by Gasteiger charge is -2.20. The summed E-state index contributed by atoms with van der Waals surface area (Å²) in [5, 5.41) is 0. The van der Waals surface area contributed by atoms with Crippen LogP contribution in [0.4, 0.5) is 0 Å². The zero-order chi connectivity index (χ0) is 11.1. The number of carbonyl (C=O) groups excluding carboxylic acids is 1. The van der Waals surface area contributed by atoms with Crippen LogP contribution in [-0.2, 0) is 4.79 Å². The van der Waals surface area contributed by atoms with Gasteiger partial charge in [-0.2, -0.15) is 0 Å². The zero-order valence-corrected chi connectivity index (χ0v) is 11.5. The molecule has 0 bridgehead atoms. The predicted octanol–water partition coefficient (Wildman–Crippen LogP) is 4.11. The number of Topliss-reactive ketones (excluding diaryl/α,β-unsaturated/α-hetero) is 1. The van der Waals surface area contributed by atoms with Crippen molar-refractivity contribution in [2.75, 3.05) is 11.5 Å². The Bertz CT molecular complexity index is 198. The Hall–Kier alpha value is 0.370. The average molecular weight is 246 g/mol. The molecule has 1 fully saturated rings. The highest BCUT2D eigenvalue weighted by atomic mass is 32.2. The Kier molecular flexibility index (Phi) is 6.13. The van der Waals surface area contributed by atoms with Crippen molar-refractivity contribution >= 4 is 29.3 Å². The lowest BCUT2D eigenvalue weighted by Crippen LogP contribution is -2.13. The van der Waals surface area contributed by atoms with Gasteiger partial charge in [-0.15, -0.1) is 23.5 Å². The van der Waals surface area contributed by atoms with Gasteiger partial charge >= 0.3 is 0 Å². The first kappa shape index (κ1) is 13.4. The summed E-state index contributed by atoms with van der Waals surface area (Å²) in [4.78, 5) is 11.6. The molecule has 1 saturated heterocycles. The van der Waals surface area contributed by atoms with Crippen molar-refractivity contribution in [1.29, 1.82) is 0 Å². The third-order valence-corrected chi connectivity index (χ3v) is 6.23. The summed E-state index contributed by atoms with van der Waals surface area (Å²) >= 11 is 4.05. The van der Waals surface area contributed by atoms with Crippen LogP contribution in [0.25, 0.3) is 0 Å². The molecule has 0 saturated carbocycles. The molecular weight excluding hydrogens is 224 g/mol. The zero-order valence-electron chi connectivity index (χ0n) is 9.88. The molecule has 0 radical (unpaired) electrons. The maximum atomic E-state index is 11.6. The predicted molar refractivity (Wildman–Crippen MR) is 71.7 cm³/mol. The van der Waals surface area contributed by atoms with Gasteiger partial charge in [0.2, 0.25) is 0 Å². The van der Waals surface area contributed by atoms with Crippen LogP contribution in [0.5, 0.6) is 0 Å². The molecule has 15 heavy (non-hydrogen) atoms. The van der Waals surface area contributed by atoms with Crippen LogP contribution >= 0.6 is 23.5 Å². The van der Waals surface area contributed by atoms with Crippen LogP contribution in [0.3, 0.4) is 0 Å². The summed E-state index contributed by atoms with van der Waals surface area (Å²) in [6.07, 6.45) is 6.16. The van der Waals surface area contributed by atoms with Crippen LogP contribution < -0.4 is 0 Å². The van der Waals surface area contributed by atoms with Crippen molar-refractivity contribution in [3.8, 4) is 0 Å². The van der Waals surface area contributed by atoms with Gasteiger partial charge in [0.1, 0.15) is 5.78 Å². The molecule has 0 N–H and O–H groups in total. The number of unbranched alkanes of at least 4 members (excludes halogenated alkanes) is 2. The fraction of sp³-hybridized carbons (Fsp3) is 0.917. The van der Waals surface area contributed by atoms with Gasteiger partial charge in [0, 0.05) is 24.3 Å². The minimum absolute atomic E-state index is 0.334. The Morgan fingerprint density at radius 3 is 2.47 bits per heavy atom. The van der Waals surface area contributed by atoms with Crippen molar-refractivity contribution in [2.45, 2.75) is 56.5 Å². The van der Waals surface area contributed by atoms with E-state index in [1.165, 1.54) is 24.3 Å². The fourth-order valence-electron chi connectivity index (χ4n) is 1.76. The maximum Gasteiger partial charge on any atom is 0.132 e. The Balaban J connectivity index is 2.10. The summed E-state index contributed by atoms with van der Waals surface area (Å²) in [7, 11) is 0. The molecule has 0 aromatic carbocycles. The minimum Gasteiger partial charge on any atom is -0.300 e. The van der Waals surface area contributed by atoms with Gasteiger partial charge in [0.25, 0.3) is 0 Å². The van der Waals surface area contributed by atoms with E-state index < -0.39 is 0 Å². The van der Waals surface area contributed by atoms with E-state index in [-0.39, 0.29) is 0 Å². The number of hydrogen-bond acceptors (Lipinski definition) is 3. The molecule has 0 amide bonds. The number of ketones is 1. The smallest absolute Gasteiger partial charge is 0.132 e. The molecule has 1 aliphatic heterocycles. The second-order valence-electron chi connectivity index (χ2n) is 4.33. The van der Waals surface area contributed by atoms with E-state index in [9.17, 15) is 4.79 Å².